The zero-order chi connectivity index (χ0) is 13.7. The van der Waals surface area contributed by atoms with Crippen molar-refractivity contribution >= 4 is 5.91 Å². The Hall–Kier alpha value is -2.16. The summed E-state index contributed by atoms with van der Waals surface area (Å²) in [6.07, 6.45) is 4.10. The summed E-state index contributed by atoms with van der Waals surface area (Å²) in [5.74, 6) is -0.0828. The minimum atomic E-state index is -0.0828. The van der Waals surface area contributed by atoms with Gasteiger partial charge in [-0.15, -0.1) is 0 Å². The van der Waals surface area contributed by atoms with Crippen LogP contribution in [-0.2, 0) is 0 Å². The number of rotatable bonds is 4. The molecule has 0 saturated heterocycles. The summed E-state index contributed by atoms with van der Waals surface area (Å²) in [6.45, 7) is 4.12. The monoisotopic (exact) mass is 254 g/mol. The predicted molar refractivity (Wildman–Crippen MR) is 75.9 cm³/mol. The Morgan fingerprint density at radius 1 is 1.26 bits per heavy atom. The molecular weight excluding hydrogens is 236 g/mol. The summed E-state index contributed by atoms with van der Waals surface area (Å²) in [7, 11) is 0. The molecule has 1 amide bonds. The zero-order valence-electron chi connectivity index (χ0n) is 11.3. The van der Waals surface area contributed by atoms with Crippen molar-refractivity contribution in [2.75, 3.05) is 0 Å². The number of carbonyl (C=O) groups is 1. The van der Waals surface area contributed by atoms with Crippen molar-refractivity contribution in [3.05, 3.63) is 65.5 Å². The van der Waals surface area contributed by atoms with Gasteiger partial charge in [-0.05, 0) is 31.0 Å². The molecule has 0 saturated carbocycles. The second-order valence-corrected chi connectivity index (χ2v) is 4.59. The van der Waals surface area contributed by atoms with Gasteiger partial charge in [-0.25, -0.2) is 0 Å². The van der Waals surface area contributed by atoms with E-state index in [0.29, 0.717) is 5.56 Å². The van der Waals surface area contributed by atoms with E-state index in [9.17, 15) is 4.79 Å². The van der Waals surface area contributed by atoms with Gasteiger partial charge in [0.15, 0.2) is 0 Å². The van der Waals surface area contributed by atoms with E-state index in [1.54, 1.807) is 24.5 Å². The van der Waals surface area contributed by atoms with Gasteiger partial charge in [-0.1, -0.05) is 36.8 Å². The molecule has 0 spiro atoms. The van der Waals surface area contributed by atoms with Crippen molar-refractivity contribution in [1.29, 1.82) is 0 Å². The van der Waals surface area contributed by atoms with Gasteiger partial charge in [0, 0.05) is 12.4 Å². The van der Waals surface area contributed by atoms with Crippen molar-refractivity contribution in [2.24, 2.45) is 0 Å². The third-order valence-corrected chi connectivity index (χ3v) is 3.12. The van der Waals surface area contributed by atoms with Crippen LogP contribution in [0.4, 0.5) is 0 Å². The van der Waals surface area contributed by atoms with E-state index in [-0.39, 0.29) is 11.9 Å². The van der Waals surface area contributed by atoms with Crippen molar-refractivity contribution < 1.29 is 4.79 Å². The van der Waals surface area contributed by atoms with E-state index in [1.807, 2.05) is 0 Å². The fourth-order valence-corrected chi connectivity index (χ4v) is 1.96. The smallest absolute Gasteiger partial charge is 0.253 e. The molecule has 3 heteroatoms. The first-order valence-corrected chi connectivity index (χ1v) is 6.48. The molecule has 19 heavy (non-hydrogen) atoms. The van der Waals surface area contributed by atoms with Gasteiger partial charge in [0.2, 0.25) is 0 Å². The summed E-state index contributed by atoms with van der Waals surface area (Å²) >= 11 is 0. The number of hydrogen-bond acceptors (Lipinski definition) is 2. The second kappa shape index (κ2) is 6.14. The maximum atomic E-state index is 12.1. The van der Waals surface area contributed by atoms with E-state index in [0.717, 1.165) is 12.0 Å². The lowest BCUT2D eigenvalue weighted by atomic mass is 10.0. The molecule has 1 heterocycles. The van der Waals surface area contributed by atoms with Crippen LogP contribution in [0, 0.1) is 6.92 Å². The number of hydrogen-bond donors (Lipinski definition) is 1. The van der Waals surface area contributed by atoms with Crippen LogP contribution in [-0.4, -0.2) is 10.9 Å². The molecular formula is C16H18N2O. The van der Waals surface area contributed by atoms with Crippen LogP contribution in [0.1, 0.15) is 40.9 Å². The van der Waals surface area contributed by atoms with Gasteiger partial charge in [-0.2, -0.15) is 0 Å². The molecule has 1 atom stereocenters. The van der Waals surface area contributed by atoms with Crippen LogP contribution in [0.5, 0.6) is 0 Å². The van der Waals surface area contributed by atoms with Gasteiger partial charge < -0.3 is 5.32 Å². The van der Waals surface area contributed by atoms with E-state index in [1.165, 1.54) is 5.56 Å². The third kappa shape index (κ3) is 3.41. The number of carbonyl (C=O) groups excluding carboxylic acids is 1. The van der Waals surface area contributed by atoms with Crippen molar-refractivity contribution in [3.8, 4) is 0 Å². The highest BCUT2D eigenvalue weighted by atomic mass is 16.1. The molecule has 1 N–H and O–H groups in total. The topological polar surface area (TPSA) is 42.0 Å². The maximum Gasteiger partial charge on any atom is 0.253 e. The van der Waals surface area contributed by atoms with Crippen LogP contribution < -0.4 is 5.32 Å². The van der Waals surface area contributed by atoms with Crippen LogP contribution in [0.2, 0.25) is 0 Å². The summed E-state index contributed by atoms with van der Waals surface area (Å²) < 4.78 is 0. The van der Waals surface area contributed by atoms with Crippen LogP contribution in [0.25, 0.3) is 0 Å². The zero-order valence-corrected chi connectivity index (χ0v) is 11.3. The highest BCUT2D eigenvalue weighted by Gasteiger charge is 2.13. The standard InChI is InChI=1S/C16H18N2O/c1-3-15(13-8-6-12(2)7-9-13)18-16(19)14-5-4-10-17-11-14/h4-11,15H,3H2,1-2H3,(H,18,19)/t15-/m1/s1. The Morgan fingerprint density at radius 2 is 2.00 bits per heavy atom. The SMILES string of the molecule is CC[C@@H](NC(=O)c1cccnc1)c1ccc(C)cc1. The lowest BCUT2D eigenvalue weighted by molar-refractivity contribution is 0.0935. The number of amides is 1. The molecule has 0 radical (unpaired) electrons. The first-order valence-electron chi connectivity index (χ1n) is 6.48. The lowest BCUT2D eigenvalue weighted by Gasteiger charge is -2.17. The Labute approximate surface area is 113 Å². The van der Waals surface area contributed by atoms with E-state index < -0.39 is 0 Å². The second-order valence-electron chi connectivity index (χ2n) is 4.59. The number of nitrogens with one attached hydrogen (secondary N) is 1. The lowest BCUT2D eigenvalue weighted by Crippen LogP contribution is -2.28. The highest BCUT2D eigenvalue weighted by molar-refractivity contribution is 5.94. The summed E-state index contributed by atoms with van der Waals surface area (Å²) in [5.41, 5.74) is 2.94. The van der Waals surface area contributed by atoms with Gasteiger partial charge in [0.05, 0.1) is 11.6 Å². The molecule has 0 aliphatic carbocycles. The van der Waals surface area contributed by atoms with Gasteiger partial charge in [-0.3, -0.25) is 9.78 Å². The number of pyridine rings is 1. The molecule has 0 aliphatic rings. The predicted octanol–water partition coefficient (Wildman–Crippen LogP) is 3.27. The first kappa shape index (κ1) is 13.3. The first-order chi connectivity index (χ1) is 9.20. The molecule has 0 fully saturated rings. The molecule has 1 aromatic heterocycles. The third-order valence-electron chi connectivity index (χ3n) is 3.12. The molecule has 0 unspecified atom stereocenters. The van der Waals surface area contributed by atoms with E-state index in [4.69, 9.17) is 0 Å². The number of nitrogens with zero attached hydrogens (tertiary/aromatic N) is 1. The Balaban J connectivity index is 2.11. The van der Waals surface area contributed by atoms with Crippen molar-refractivity contribution in [2.45, 2.75) is 26.3 Å². The van der Waals surface area contributed by atoms with Gasteiger partial charge in [0.1, 0.15) is 0 Å². The molecule has 0 aliphatic heterocycles. The molecule has 2 aromatic rings. The van der Waals surface area contributed by atoms with E-state index in [2.05, 4.69) is 48.4 Å². The molecule has 3 nitrogen and oxygen atoms in total. The average molecular weight is 254 g/mol. The number of aryl methyl sites for hydroxylation is 1. The maximum absolute atomic E-state index is 12.1. The molecule has 1 aromatic carbocycles. The van der Waals surface area contributed by atoms with Crippen LogP contribution >= 0.6 is 0 Å². The van der Waals surface area contributed by atoms with Crippen LogP contribution in [0.15, 0.2) is 48.8 Å². The summed E-state index contributed by atoms with van der Waals surface area (Å²) in [5, 5.41) is 3.04. The quantitative estimate of drug-likeness (QED) is 0.909. The minimum Gasteiger partial charge on any atom is -0.345 e. The molecule has 98 valence electrons. The van der Waals surface area contributed by atoms with E-state index >= 15 is 0 Å². The molecule has 0 bridgehead atoms. The van der Waals surface area contributed by atoms with Crippen LogP contribution in [0.3, 0.4) is 0 Å². The van der Waals surface area contributed by atoms with Gasteiger partial charge >= 0.3 is 0 Å². The number of benzene rings is 1. The Kier molecular flexibility index (Phi) is 4.29. The minimum absolute atomic E-state index is 0.0355. The highest BCUT2D eigenvalue weighted by Crippen LogP contribution is 2.17. The van der Waals surface area contributed by atoms with Crippen molar-refractivity contribution in [1.82, 2.24) is 10.3 Å². The summed E-state index contributed by atoms with van der Waals surface area (Å²) in [6, 6.07) is 11.8. The normalized spacial score (nSPS) is 11.9. The summed E-state index contributed by atoms with van der Waals surface area (Å²) in [4.78, 5) is 16.1. The fourth-order valence-electron chi connectivity index (χ4n) is 1.96. The number of aromatic nitrogens is 1. The molecule has 2 rings (SSSR count). The average Bonchev–Trinajstić information content (AvgIpc) is 2.46. The fraction of sp³-hybridized carbons (Fsp3) is 0.250. The largest absolute Gasteiger partial charge is 0.345 e. The Morgan fingerprint density at radius 3 is 2.58 bits per heavy atom. The Bertz CT molecular complexity index is 534. The van der Waals surface area contributed by atoms with Crippen molar-refractivity contribution in [3.63, 3.8) is 0 Å². The van der Waals surface area contributed by atoms with Gasteiger partial charge in [0.25, 0.3) is 5.91 Å².